The SMILES string of the molecule is CC1C2=C3B(c4sc5c(C(C)(C)C)cc(C(C)(C)C)cc5c4N(c4ccc(C(C)(C)C)cc4)C3=CC1C13CC4CC(CC(C4)C1)C3)c1sc3c(C(C)(C)C)cc(C(C)(C)C)cc3c1N2c1ccc(C(C)(C)C)cc1. The maximum Gasteiger partial charge on any atom is 0.276 e. The minimum atomic E-state index is -0.0446. The zero-order valence-electron chi connectivity index (χ0n) is 48.9. The molecule has 2 aliphatic heterocycles. The third-order valence-corrected chi connectivity index (χ3v) is 21.9. The summed E-state index contributed by atoms with van der Waals surface area (Å²) in [4.78, 5) is 5.75. The van der Waals surface area contributed by atoms with Crippen LogP contribution in [0, 0.1) is 35.0 Å². The van der Waals surface area contributed by atoms with Crippen molar-refractivity contribution in [1.29, 1.82) is 0 Å². The average molecular weight is 1020 g/mol. The Balaban J connectivity index is 1.26. The molecule has 4 fully saturated rings. The molecule has 2 unspecified atom stereocenters. The van der Waals surface area contributed by atoms with Crippen LogP contribution in [0.15, 0.2) is 95.7 Å². The van der Waals surface area contributed by atoms with Gasteiger partial charge in [-0.1, -0.05) is 174 Å². The van der Waals surface area contributed by atoms with Crippen LogP contribution in [0.5, 0.6) is 0 Å². The fourth-order valence-corrected chi connectivity index (χ4v) is 19.0. The second-order valence-electron chi connectivity index (χ2n) is 31.1. The molecular formula is C69H87BN2S2. The summed E-state index contributed by atoms with van der Waals surface area (Å²) in [5, 5.41) is 2.87. The number of allylic oxidation sites excluding steroid dienone is 3. The molecule has 0 saturated heterocycles. The van der Waals surface area contributed by atoms with E-state index in [9.17, 15) is 0 Å². The van der Waals surface area contributed by atoms with Crippen LogP contribution in [0.3, 0.4) is 0 Å². The first-order valence-electron chi connectivity index (χ1n) is 28.8. The van der Waals surface area contributed by atoms with Crippen molar-refractivity contribution in [1.82, 2.24) is 0 Å². The molecule has 5 heteroatoms. The van der Waals surface area contributed by atoms with Gasteiger partial charge in [0.2, 0.25) is 0 Å². The second-order valence-corrected chi connectivity index (χ2v) is 33.2. The van der Waals surface area contributed by atoms with Gasteiger partial charge in [-0.2, -0.15) is 0 Å². The van der Waals surface area contributed by atoms with Gasteiger partial charge in [0.05, 0.1) is 11.4 Å². The van der Waals surface area contributed by atoms with E-state index < -0.39 is 0 Å². The summed E-state index contributed by atoms with van der Waals surface area (Å²) >= 11 is 4.26. The van der Waals surface area contributed by atoms with Gasteiger partial charge in [0.1, 0.15) is 0 Å². The topological polar surface area (TPSA) is 6.48 Å². The van der Waals surface area contributed by atoms with Crippen molar-refractivity contribution >= 4 is 81.9 Å². The second kappa shape index (κ2) is 16.3. The molecule has 2 atom stereocenters. The van der Waals surface area contributed by atoms with Crippen LogP contribution >= 0.6 is 22.7 Å². The van der Waals surface area contributed by atoms with Gasteiger partial charge in [0.15, 0.2) is 0 Å². The van der Waals surface area contributed by atoms with E-state index in [2.05, 4.69) is 243 Å². The first kappa shape index (κ1) is 50.7. The lowest BCUT2D eigenvalue weighted by atomic mass is 9.36. The van der Waals surface area contributed by atoms with Gasteiger partial charge >= 0.3 is 0 Å². The Morgan fingerprint density at radius 1 is 0.473 bits per heavy atom. The molecule has 4 saturated carbocycles. The van der Waals surface area contributed by atoms with Gasteiger partial charge in [-0.3, -0.25) is 0 Å². The molecule has 13 rings (SSSR count). The Labute approximate surface area is 455 Å². The van der Waals surface area contributed by atoms with Gasteiger partial charge in [0, 0.05) is 58.4 Å². The number of benzene rings is 4. The molecule has 2 nitrogen and oxygen atoms in total. The molecule has 4 heterocycles. The molecule has 388 valence electrons. The summed E-state index contributed by atoms with van der Waals surface area (Å²) < 4.78 is 5.97. The van der Waals surface area contributed by atoms with E-state index in [1.165, 1.54) is 130 Å². The molecule has 7 aliphatic rings. The zero-order chi connectivity index (χ0) is 52.9. The van der Waals surface area contributed by atoms with E-state index in [0.717, 1.165) is 17.8 Å². The van der Waals surface area contributed by atoms with Crippen molar-refractivity contribution in [3.8, 4) is 0 Å². The fourth-order valence-electron chi connectivity index (χ4n) is 15.7. The van der Waals surface area contributed by atoms with Crippen molar-refractivity contribution in [3.05, 3.63) is 129 Å². The number of hydrogen-bond donors (Lipinski definition) is 0. The Morgan fingerprint density at radius 2 is 0.851 bits per heavy atom. The Kier molecular flexibility index (Phi) is 11.1. The van der Waals surface area contributed by atoms with Crippen LogP contribution in [0.4, 0.5) is 22.7 Å². The van der Waals surface area contributed by atoms with Crippen LogP contribution in [0.25, 0.3) is 20.2 Å². The van der Waals surface area contributed by atoms with Crippen LogP contribution in [-0.2, 0) is 32.5 Å². The van der Waals surface area contributed by atoms with Gasteiger partial charge in [-0.15, -0.1) is 22.7 Å². The minimum absolute atomic E-state index is 0.0143. The predicted octanol–water partition coefficient (Wildman–Crippen LogP) is 19.0. The third kappa shape index (κ3) is 7.85. The quantitative estimate of drug-likeness (QED) is 0.163. The third-order valence-electron chi connectivity index (χ3n) is 19.3. The van der Waals surface area contributed by atoms with Gasteiger partial charge < -0.3 is 9.80 Å². The predicted molar refractivity (Wildman–Crippen MR) is 326 cm³/mol. The average Bonchev–Trinajstić information content (AvgIpc) is 3.86. The summed E-state index contributed by atoms with van der Waals surface area (Å²) in [5.41, 5.74) is 18.9. The van der Waals surface area contributed by atoms with Crippen molar-refractivity contribution in [3.63, 3.8) is 0 Å². The highest BCUT2D eigenvalue weighted by Gasteiger charge is 2.59. The highest BCUT2D eigenvalue weighted by atomic mass is 32.1. The Hall–Kier alpha value is -4.06. The van der Waals surface area contributed by atoms with Crippen molar-refractivity contribution in [2.24, 2.45) is 35.0 Å². The molecule has 0 N–H and O–H groups in total. The van der Waals surface area contributed by atoms with Crippen LogP contribution < -0.4 is 19.4 Å². The van der Waals surface area contributed by atoms with E-state index in [1.54, 1.807) is 11.2 Å². The number of thiophene rings is 2. The molecular weight excluding hydrogens is 932 g/mol. The zero-order valence-corrected chi connectivity index (χ0v) is 50.6. The molecule has 4 bridgehead atoms. The standard InChI is InChI=1S/C69H87BN2S2/c1-39-51(69-36-40-28-41(37-69)30-42(29-40)38-69)35-54-55-56(39)72(48-26-22-44(23-27-48)64(5,6)7)58-50-32-46(66(11,12)13)34-53(68(17,18)19)60(50)74-62(58)70(55)61-57(71(54)47-24-20-43(21-25-47)63(2,3)4)49-31-45(65(8,9)10)33-52(59(49)73-61)67(14,15)16/h20-27,31-35,39-42,51H,28-30,36-38H2,1-19H3. The minimum Gasteiger partial charge on any atom is -0.313 e. The lowest BCUT2D eigenvalue weighted by Crippen LogP contribution is -2.58. The Bertz CT molecular complexity index is 3290. The van der Waals surface area contributed by atoms with Gasteiger partial charge in [-0.25, -0.2) is 0 Å². The molecule has 0 radical (unpaired) electrons. The molecule has 2 aromatic heterocycles. The van der Waals surface area contributed by atoms with E-state index in [4.69, 9.17) is 0 Å². The molecule has 5 aliphatic carbocycles. The van der Waals surface area contributed by atoms with Gasteiger partial charge in [0.25, 0.3) is 6.71 Å². The van der Waals surface area contributed by atoms with Crippen molar-refractivity contribution < 1.29 is 0 Å². The van der Waals surface area contributed by atoms with Crippen LogP contribution in [0.1, 0.15) is 203 Å². The first-order chi connectivity index (χ1) is 34.3. The van der Waals surface area contributed by atoms with E-state index in [1.807, 2.05) is 0 Å². The summed E-state index contributed by atoms with van der Waals surface area (Å²) in [7, 11) is 0. The van der Waals surface area contributed by atoms with Crippen LogP contribution in [0.2, 0.25) is 0 Å². The highest BCUT2D eigenvalue weighted by molar-refractivity contribution is 7.39. The summed E-state index contributed by atoms with van der Waals surface area (Å²) in [5.74, 6) is 3.35. The molecule has 4 aromatic carbocycles. The van der Waals surface area contributed by atoms with Crippen molar-refractivity contribution in [2.45, 2.75) is 203 Å². The molecule has 6 aromatic rings. The smallest absolute Gasteiger partial charge is 0.276 e. The van der Waals surface area contributed by atoms with Gasteiger partial charge in [-0.05, 0) is 175 Å². The number of nitrogens with zero attached hydrogens (tertiary/aromatic N) is 2. The maximum absolute atomic E-state index is 2.95. The number of fused-ring (bicyclic) bond motifs is 8. The lowest BCUT2D eigenvalue weighted by Gasteiger charge is -2.61. The number of rotatable bonds is 3. The van der Waals surface area contributed by atoms with Crippen LogP contribution in [-0.4, -0.2) is 6.71 Å². The number of hydrogen-bond acceptors (Lipinski definition) is 4. The van der Waals surface area contributed by atoms with Crippen molar-refractivity contribution in [2.75, 3.05) is 9.80 Å². The monoisotopic (exact) mass is 1020 g/mol. The fraction of sp³-hybridized carbons (Fsp3) is 0.536. The Morgan fingerprint density at radius 3 is 1.23 bits per heavy atom. The largest absolute Gasteiger partial charge is 0.313 e. The molecule has 74 heavy (non-hydrogen) atoms. The lowest BCUT2D eigenvalue weighted by molar-refractivity contribution is -0.0846. The van der Waals surface area contributed by atoms with E-state index in [0.29, 0.717) is 17.3 Å². The van der Waals surface area contributed by atoms with E-state index in [-0.39, 0.29) is 39.2 Å². The number of anilines is 4. The van der Waals surface area contributed by atoms with E-state index >= 15 is 0 Å². The molecule has 0 amide bonds. The normalized spacial score (nSPS) is 25.0. The summed E-state index contributed by atoms with van der Waals surface area (Å²) in [6.07, 6.45) is 11.5. The first-order valence-corrected chi connectivity index (χ1v) is 30.5. The molecule has 0 spiro atoms. The summed E-state index contributed by atoms with van der Waals surface area (Å²) in [6.45, 7) is 46.2. The highest BCUT2D eigenvalue weighted by Crippen LogP contribution is 2.67. The summed E-state index contributed by atoms with van der Waals surface area (Å²) in [6, 6.07) is 30.3. The maximum atomic E-state index is 2.95.